The van der Waals surface area contributed by atoms with E-state index in [0.29, 0.717) is 5.56 Å². The van der Waals surface area contributed by atoms with E-state index in [1.54, 1.807) is 0 Å². The molecule has 15 nitrogen and oxygen atoms in total. The zero-order valence-electron chi connectivity index (χ0n) is 21.9. The first kappa shape index (κ1) is 30.0. The number of phenolic OH excluding ortho intramolecular Hbond substituents is 3. The minimum absolute atomic E-state index is 0.0239. The predicted molar refractivity (Wildman–Crippen MR) is 139 cm³/mol. The van der Waals surface area contributed by atoms with Crippen LogP contribution in [0.4, 0.5) is 0 Å². The molecule has 0 unspecified atom stereocenters. The van der Waals surface area contributed by atoms with Crippen LogP contribution in [0.5, 0.6) is 23.0 Å². The van der Waals surface area contributed by atoms with Crippen LogP contribution >= 0.6 is 0 Å². The third-order valence-corrected chi connectivity index (χ3v) is 7.25. The van der Waals surface area contributed by atoms with Gasteiger partial charge in [-0.3, -0.25) is 4.79 Å². The van der Waals surface area contributed by atoms with E-state index in [9.17, 15) is 50.8 Å². The topological polar surface area (TPSA) is 249 Å². The molecule has 2 aliphatic rings. The molecule has 2 aliphatic heterocycles. The Kier molecular flexibility index (Phi) is 8.30. The normalized spacial score (nSPS) is 33.5. The van der Waals surface area contributed by atoms with Crippen LogP contribution < -0.4 is 10.2 Å². The Morgan fingerprint density at radius 2 is 1.50 bits per heavy atom. The number of rotatable bonds is 6. The lowest BCUT2D eigenvalue weighted by atomic mass is 9.97. The summed E-state index contributed by atoms with van der Waals surface area (Å²) in [4.78, 5) is 12.8. The van der Waals surface area contributed by atoms with Gasteiger partial charge in [0.25, 0.3) is 0 Å². The van der Waals surface area contributed by atoms with Gasteiger partial charge < -0.3 is 69.3 Å². The van der Waals surface area contributed by atoms with Gasteiger partial charge in [0.1, 0.15) is 59.1 Å². The molecule has 0 bridgehead atoms. The number of phenols is 3. The summed E-state index contributed by atoms with van der Waals surface area (Å²) < 4.78 is 28.1. The summed E-state index contributed by atoms with van der Waals surface area (Å²) in [6.45, 7) is 0.611. The number of hydrogen-bond acceptors (Lipinski definition) is 15. The minimum atomic E-state index is -1.84. The molecule has 0 radical (unpaired) electrons. The maximum Gasteiger partial charge on any atom is 0.229 e. The van der Waals surface area contributed by atoms with E-state index in [-0.39, 0.29) is 22.5 Å². The molecule has 0 saturated carbocycles. The van der Waals surface area contributed by atoms with Crippen molar-refractivity contribution < 1.29 is 69.3 Å². The number of fused-ring (bicyclic) bond motifs is 1. The Morgan fingerprint density at radius 1 is 0.810 bits per heavy atom. The van der Waals surface area contributed by atoms with E-state index in [4.69, 9.17) is 23.4 Å². The van der Waals surface area contributed by atoms with Crippen molar-refractivity contribution in [1.82, 2.24) is 0 Å². The van der Waals surface area contributed by atoms with Gasteiger partial charge >= 0.3 is 0 Å². The van der Waals surface area contributed by atoms with Gasteiger partial charge in [0.15, 0.2) is 29.3 Å². The molecule has 15 heteroatoms. The number of benzene rings is 2. The lowest BCUT2D eigenvalue weighted by molar-refractivity contribution is -0.354. The highest BCUT2D eigenvalue weighted by atomic mass is 16.8. The average Bonchev–Trinajstić information content (AvgIpc) is 2.96. The number of aromatic hydroxyl groups is 3. The monoisotopic (exact) mass is 594 g/mol. The van der Waals surface area contributed by atoms with E-state index in [1.165, 1.54) is 31.2 Å². The van der Waals surface area contributed by atoms with Crippen molar-refractivity contribution in [3.8, 4) is 34.3 Å². The summed E-state index contributed by atoms with van der Waals surface area (Å²) in [5.74, 6) is -2.33. The fourth-order valence-corrected chi connectivity index (χ4v) is 4.83. The number of aliphatic hydroxyl groups is 6. The van der Waals surface area contributed by atoms with Crippen LogP contribution in [0, 0.1) is 0 Å². The van der Waals surface area contributed by atoms with Crippen LogP contribution in [0.1, 0.15) is 6.92 Å². The van der Waals surface area contributed by atoms with Gasteiger partial charge in [0, 0.05) is 17.7 Å². The minimum Gasteiger partial charge on any atom is -0.508 e. The quantitative estimate of drug-likeness (QED) is 0.149. The molecule has 2 saturated heterocycles. The maximum atomic E-state index is 12.8. The molecule has 0 amide bonds. The molecular weight excluding hydrogens is 564 g/mol. The van der Waals surface area contributed by atoms with Crippen LogP contribution in [0.15, 0.2) is 45.6 Å². The van der Waals surface area contributed by atoms with Crippen LogP contribution in [-0.4, -0.2) is 114 Å². The lowest BCUT2D eigenvalue weighted by Gasteiger charge is -2.45. The second kappa shape index (κ2) is 11.6. The van der Waals surface area contributed by atoms with Crippen LogP contribution in [-0.2, 0) is 14.2 Å². The predicted octanol–water partition coefficient (Wildman–Crippen LogP) is -1.39. The van der Waals surface area contributed by atoms with Gasteiger partial charge in [-0.2, -0.15) is 0 Å². The van der Waals surface area contributed by atoms with E-state index < -0.39 is 90.7 Å². The van der Waals surface area contributed by atoms with Gasteiger partial charge in [0.05, 0.1) is 12.7 Å². The largest absolute Gasteiger partial charge is 0.508 e. The third kappa shape index (κ3) is 5.37. The summed E-state index contributed by atoms with van der Waals surface area (Å²) in [7, 11) is 0. The summed E-state index contributed by atoms with van der Waals surface area (Å²) in [5.41, 5.74) is -0.548. The van der Waals surface area contributed by atoms with Crippen LogP contribution in [0.3, 0.4) is 0 Å². The Hall–Kier alpha value is -3.51. The highest BCUT2D eigenvalue weighted by Crippen LogP contribution is 2.43. The first-order valence-corrected chi connectivity index (χ1v) is 12.9. The first-order valence-electron chi connectivity index (χ1n) is 12.9. The molecule has 9 N–H and O–H groups in total. The highest BCUT2D eigenvalue weighted by molar-refractivity contribution is 5.89. The van der Waals surface area contributed by atoms with Crippen molar-refractivity contribution >= 4 is 11.0 Å². The van der Waals surface area contributed by atoms with Gasteiger partial charge in [-0.05, 0) is 31.2 Å². The van der Waals surface area contributed by atoms with E-state index in [2.05, 4.69) is 0 Å². The Labute approximate surface area is 236 Å². The number of ether oxygens (including phenoxy) is 4. The Morgan fingerprint density at radius 3 is 2.17 bits per heavy atom. The van der Waals surface area contributed by atoms with E-state index in [1.807, 2.05) is 0 Å². The fourth-order valence-electron chi connectivity index (χ4n) is 4.83. The second-order valence-electron chi connectivity index (χ2n) is 10.1. The summed E-state index contributed by atoms with van der Waals surface area (Å²) >= 11 is 0. The number of hydrogen-bond donors (Lipinski definition) is 9. The first-order chi connectivity index (χ1) is 19.9. The van der Waals surface area contributed by atoms with Crippen LogP contribution in [0.2, 0.25) is 0 Å². The highest BCUT2D eigenvalue weighted by Gasteiger charge is 2.51. The number of aliphatic hydroxyl groups excluding tert-OH is 6. The van der Waals surface area contributed by atoms with Gasteiger partial charge in [-0.25, -0.2) is 0 Å². The third-order valence-electron chi connectivity index (χ3n) is 7.25. The van der Waals surface area contributed by atoms with Gasteiger partial charge in [0.2, 0.25) is 12.0 Å². The van der Waals surface area contributed by atoms with Crippen molar-refractivity contribution in [3.05, 3.63) is 46.6 Å². The zero-order chi connectivity index (χ0) is 30.5. The molecule has 2 fully saturated rings. The summed E-state index contributed by atoms with van der Waals surface area (Å²) in [6, 6.07) is 7.83. The molecule has 0 aliphatic carbocycles. The fraction of sp³-hybridized carbons (Fsp3) is 0.444. The summed E-state index contributed by atoms with van der Waals surface area (Å²) in [6.07, 6.45) is -16.1. The molecule has 10 atom stereocenters. The van der Waals surface area contributed by atoms with Crippen molar-refractivity contribution in [2.24, 2.45) is 0 Å². The van der Waals surface area contributed by atoms with Crippen molar-refractivity contribution in [3.63, 3.8) is 0 Å². The van der Waals surface area contributed by atoms with E-state index in [0.717, 1.165) is 12.1 Å². The molecule has 3 heterocycles. The molecule has 5 rings (SSSR count). The molecule has 1 aromatic heterocycles. The molecule has 42 heavy (non-hydrogen) atoms. The second-order valence-corrected chi connectivity index (χ2v) is 10.1. The Bertz CT molecular complexity index is 1470. The lowest BCUT2D eigenvalue weighted by Crippen LogP contribution is -2.64. The maximum absolute atomic E-state index is 12.8. The Balaban J connectivity index is 1.51. The molecule has 3 aromatic rings. The summed E-state index contributed by atoms with van der Waals surface area (Å²) in [5, 5.41) is 91.9. The molecule has 2 aromatic carbocycles. The van der Waals surface area contributed by atoms with Gasteiger partial charge in [-0.1, -0.05) is 0 Å². The molecule has 228 valence electrons. The zero-order valence-corrected chi connectivity index (χ0v) is 21.9. The van der Waals surface area contributed by atoms with Crippen LogP contribution in [0.25, 0.3) is 22.3 Å². The smallest absolute Gasteiger partial charge is 0.229 e. The van der Waals surface area contributed by atoms with Crippen molar-refractivity contribution in [2.45, 2.75) is 68.3 Å². The van der Waals surface area contributed by atoms with Crippen molar-refractivity contribution in [2.75, 3.05) is 6.61 Å². The average molecular weight is 595 g/mol. The van der Waals surface area contributed by atoms with Crippen molar-refractivity contribution in [1.29, 1.82) is 0 Å². The standard InChI is InChI=1S/C27H30O15/c1-9-18(31)22(35)24(37)26(38-9)42-25-23(36)20(33)16(8-28)41-27(25)40-15-7-14-17(21(34)19(15)32)12(30)6-13(39-14)10-2-4-11(29)5-3-10/h2-7,9,16,18,20,22-29,31-37H,8H2,1H3/t9-,16-,18+,20-,22+,23+,24-,25-,26+,27-/m1/s1. The SMILES string of the molecule is C[C@H]1O[C@@H](O[C@H]2[C@H](Oc3cc4oc(-c5ccc(O)cc5)cc(=O)c4c(O)c3O)O[C@H](CO)[C@@H](O)[C@@H]2O)[C@H](O)[C@@H](O)[C@H]1O. The molecule has 0 spiro atoms. The molecular formula is C27H30O15. The van der Waals surface area contributed by atoms with E-state index >= 15 is 0 Å². The van der Waals surface area contributed by atoms with Gasteiger partial charge in [-0.15, -0.1) is 0 Å².